The maximum atomic E-state index is 12.4. The van der Waals surface area contributed by atoms with Crippen LogP contribution < -0.4 is 5.73 Å². The third-order valence-corrected chi connectivity index (χ3v) is 3.42. The average Bonchev–Trinajstić information content (AvgIpc) is 2.41. The van der Waals surface area contributed by atoms with Gasteiger partial charge in [-0.2, -0.15) is 0 Å². The van der Waals surface area contributed by atoms with Crippen molar-refractivity contribution in [3.8, 4) is 0 Å². The summed E-state index contributed by atoms with van der Waals surface area (Å²) in [6.07, 6.45) is 1.01. The van der Waals surface area contributed by atoms with E-state index in [1.165, 1.54) is 5.56 Å². The van der Waals surface area contributed by atoms with Crippen LogP contribution >= 0.6 is 11.6 Å². The number of rotatable bonds is 4. The van der Waals surface area contributed by atoms with Crippen molar-refractivity contribution < 1.29 is 4.79 Å². The first kappa shape index (κ1) is 14.6. The van der Waals surface area contributed by atoms with Gasteiger partial charge in [-0.15, -0.1) is 0 Å². The summed E-state index contributed by atoms with van der Waals surface area (Å²) in [5.41, 5.74) is 8.56. The fourth-order valence-electron chi connectivity index (χ4n) is 2.14. The van der Waals surface area contributed by atoms with Crippen LogP contribution in [0, 0.1) is 5.92 Å². The quantitative estimate of drug-likeness (QED) is 0.671. The van der Waals surface area contributed by atoms with Crippen LogP contribution in [0.3, 0.4) is 0 Å². The number of nitrogen functional groups attached to an aromatic ring is 1. The molecule has 0 aromatic heterocycles. The van der Waals surface area contributed by atoms with Crippen molar-refractivity contribution in [2.24, 2.45) is 5.92 Å². The lowest BCUT2D eigenvalue weighted by atomic mass is 9.98. The van der Waals surface area contributed by atoms with E-state index in [-0.39, 0.29) is 5.78 Å². The molecule has 104 valence electrons. The third kappa shape index (κ3) is 3.40. The second-order valence-corrected chi connectivity index (χ2v) is 5.77. The Labute approximate surface area is 124 Å². The lowest BCUT2D eigenvalue weighted by molar-refractivity contribution is 0.103. The van der Waals surface area contributed by atoms with Crippen molar-refractivity contribution in [3.05, 3.63) is 64.2 Å². The highest BCUT2D eigenvalue weighted by Crippen LogP contribution is 2.22. The zero-order valence-corrected chi connectivity index (χ0v) is 12.4. The highest BCUT2D eigenvalue weighted by molar-refractivity contribution is 6.35. The molecule has 0 unspecified atom stereocenters. The normalized spacial score (nSPS) is 10.8. The number of carbonyl (C=O) groups is 1. The van der Waals surface area contributed by atoms with Gasteiger partial charge in [-0.1, -0.05) is 49.7 Å². The molecule has 0 fully saturated rings. The molecule has 0 saturated heterocycles. The van der Waals surface area contributed by atoms with Crippen molar-refractivity contribution >= 4 is 23.1 Å². The SMILES string of the molecule is CC(C)Cc1ccc(C(=O)c2cc(N)ccc2Cl)cc1. The highest BCUT2D eigenvalue weighted by Gasteiger charge is 2.13. The maximum absolute atomic E-state index is 12.4. The summed E-state index contributed by atoms with van der Waals surface area (Å²) in [5, 5.41) is 0.426. The van der Waals surface area contributed by atoms with Gasteiger partial charge in [0, 0.05) is 16.8 Å². The van der Waals surface area contributed by atoms with E-state index >= 15 is 0 Å². The van der Waals surface area contributed by atoms with Crippen LogP contribution in [0.15, 0.2) is 42.5 Å². The Hall–Kier alpha value is -1.80. The fraction of sp³-hybridized carbons (Fsp3) is 0.235. The summed E-state index contributed by atoms with van der Waals surface area (Å²) in [5.74, 6) is 0.498. The molecule has 0 radical (unpaired) electrons. The highest BCUT2D eigenvalue weighted by atomic mass is 35.5. The van der Waals surface area contributed by atoms with Gasteiger partial charge in [-0.3, -0.25) is 4.79 Å². The second kappa shape index (κ2) is 6.10. The van der Waals surface area contributed by atoms with E-state index in [0.717, 1.165) is 6.42 Å². The molecule has 20 heavy (non-hydrogen) atoms. The molecule has 2 nitrogen and oxygen atoms in total. The molecular formula is C17H18ClNO. The van der Waals surface area contributed by atoms with Gasteiger partial charge in [0.2, 0.25) is 0 Å². The predicted molar refractivity (Wildman–Crippen MR) is 84.3 cm³/mol. The van der Waals surface area contributed by atoms with Crippen LogP contribution in [0.1, 0.15) is 35.3 Å². The molecule has 0 aliphatic rings. The molecule has 0 saturated carbocycles. The van der Waals surface area contributed by atoms with Gasteiger partial charge >= 0.3 is 0 Å². The van der Waals surface area contributed by atoms with E-state index in [1.54, 1.807) is 18.2 Å². The van der Waals surface area contributed by atoms with Gasteiger partial charge in [0.1, 0.15) is 0 Å². The second-order valence-electron chi connectivity index (χ2n) is 5.36. The van der Waals surface area contributed by atoms with Crippen LogP contribution in [-0.2, 0) is 6.42 Å². The number of anilines is 1. The van der Waals surface area contributed by atoms with Gasteiger partial charge in [-0.05, 0) is 36.1 Å². The molecule has 0 atom stereocenters. The molecular weight excluding hydrogens is 270 g/mol. The Bertz CT molecular complexity index is 617. The summed E-state index contributed by atoms with van der Waals surface area (Å²) < 4.78 is 0. The molecule has 0 amide bonds. The monoisotopic (exact) mass is 287 g/mol. The average molecular weight is 288 g/mol. The lowest BCUT2D eigenvalue weighted by Gasteiger charge is -2.07. The van der Waals surface area contributed by atoms with E-state index < -0.39 is 0 Å². The fourth-order valence-corrected chi connectivity index (χ4v) is 2.34. The van der Waals surface area contributed by atoms with Crippen molar-refractivity contribution in [2.45, 2.75) is 20.3 Å². The molecule has 0 aliphatic carbocycles. The minimum atomic E-state index is -0.0987. The standard InChI is InChI=1S/C17H18ClNO/c1-11(2)9-12-3-5-13(6-4-12)17(20)15-10-14(19)7-8-16(15)18/h3-8,10-11H,9,19H2,1-2H3. The van der Waals surface area contributed by atoms with Gasteiger partial charge in [0.25, 0.3) is 0 Å². The summed E-state index contributed by atoms with van der Waals surface area (Å²) in [7, 11) is 0. The Kier molecular flexibility index (Phi) is 4.46. The van der Waals surface area contributed by atoms with Gasteiger partial charge < -0.3 is 5.73 Å². The van der Waals surface area contributed by atoms with Crippen molar-refractivity contribution in [1.29, 1.82) is 0 Å². The van der Waals surface area contributed by atoms with Gasteiger partial charge in [-0.25, -0.2) is 0 Å². The molecule has 0 heterocycles. The minimum absolute atomic E-state index is 0.0987. The molecule has 0 spiro atoms. The van der Waals surface area contributed by atoms with E-state index in [1.807, 2.05) is 24.3 Å². The molecule has 0 aliphatic heterocycles. The summed E-state index contributed by atoms with van der Waals surface area (Å²) in [6.45, 7) is 4.34. The number of benzene rings is 2. The van der Waals surface area contributed by atoms with E-state index in [0.29, 0.717) is 27.8 Å². The molecule has 0 bridgehead atoms. The smallest absolute Gasteiger partial charge is 0.194 e. The van der Waals surface area contributed by atoms with Crippen molar-refractivity contribution in [3.63, 3.8) is 0 Å². The number of ketones is 1. The number of nitrogens with two attached hydrogens (primary N) is 1. The van der Waals surface area contributed by atoms with E-state index in [2.05, 4.69) is 13.8 Å². The first-order valence-corrected chi connectivity index (χ1v) is 7.04. The van der Waals surface area contributed by atoms with Crippen LogP contribution in [0.5, 0.6) is 0 Å². The maximum Gasteiger partial charge on any atom is 0.194 e. The van der Waals surface area contributed by atoms with Crippen molar-refractivity contribution in [2.75, 3.05) is 5.73 Å². The number of carbonyl (C=O) groups excluding carboxylic acids is 1. The molecule has 2 aromatic carbocycles. The van der Waals surface area contributed by atoms with Gasteiger partial charge in [0.15, 0.2) is 5.78 Å². The Morgan fingerprint density at radius 3 is 2.40 bits per heavy atom. The van der Waals surface area contributed by atoms with E-state index in [4.69, 9.17) is 17.3 Å². The van der Waals surface area contributed by atoms with E-state index in [9.17, 15) is 4.79 Å². The lowest BCUT2D eigenvalue weighted by Crippen LogP contribution is -2.04. The Balaban J connectivity index is 2.27. The zero-order valence-electron chi connectivity index (χ0n) is 11.7. The molecule has 3 heteroatoms. The number of hydrogen-bond acceptors (Lipinski definition) is 2. The Morgan fingerprint density at radius 1 is 1.15 bits per heavy atom. The molecule has 2 aromatic rings. The zero-order chi connectivity index (χ0) is 14.7. The van der Waals surface area contributed by atoms with Crippen LogP contribution in [0.25, 0.3) is 0 Å². The molecule has 2 N–H and O–H groups in total. The van der Waals surface area contributed by atoms with Crippen LogP contribution in [0.4, 0.5) is 5.69 Å². The first-order valence-electron chi connectivity index (χ1n) is 6.66. The summed E-state index contributed by atoms with van der Waals surface area (Å²) >= 11 is 6.06. The summed E-state index contributed by atoms with van der Waals surface area (Å²) in [4.78, 5) is 12.4. The van der Waals surface area contributed by atoms with Gasteiger partial charge in [0.05, 0.1) is 5.02 Å². The predicted octanol–water partition coefficient (Wildman–Crippen LogP) is 4.35. The first-order chi connectivity index (χ1) is 9.47. The molecule has 2 rings (SSSR count). The summed E-state index contributed by atoms with van der Waals surface area (Å²) in [6, 6.07) is 12.6. The van der Waals surface area contributed by atoms with Crippen molar-refractivity contribution in [1.82, 2.24) is 0 Å². The largest absolute Gasteiger partial charge is 0.399 e. The minimum Gasteiger partial charge on any atom is -0.399 e. The van der Waals surface area contributed by atoms with Crippen LogP contribution in [0.2, 0.25) is 5.02 Å². The number of hydrogen-bond donors (Lipinski definition) is 1. The third-order valence-electron chi connectivity index (χ3n) is 3.10. The van der Waals surface area contributed by atoms with Crippen LogP contribution in [-0.4, -0.2) is 5.78 Å². The Morgan fingerprint density at radius 2 is 1.80 bits per heavy atom. The number of halogens is 1. The topological polar surface area (TPSA) is 43.1 Å².